The largest absolute Gasteiger partial charge is 0.382 e. The first kappa shape index (κ1) is 41.9. The van der Waals surface area contributed by atoms with Crippen molar-refractivity contribution in [2.45, 2.75) is 123 Å². The molecule has 4 aromatic carbocycles. The lowest BCUT2D eigenvalue weighted by molar-refractivity contribution is -0.108. The van der Waals surface area contributed by atoms with Gasteiger partial charge in [0.2, 0.25) is 0 Å². The number of carbonyl (C=O) groups is 1. The van der Waals surface area contributed by atoms with Gasteiger partial charge in [-0.2, -0.15) is 0 Å². The molecule has 0 N–H and O–H groups in total. The maximum absolute atomic E-state index is 9.83. The van der Waals surface area contributed by atoms with Gasteiger partial charge in [-0.25, -0.2) is 0 Å². The van der Waals surface area contributed by atoms with Crippen molar-refractivity contribution < 1.29 is 14.3 Å². The number of fused-ring (bicyclic) bond motifs is 2. The molecule has 2 unspecified atom stereocenters. The molecule has 0 radical (unpaired) electrons. The highest BCUT2D eigenvalue weighted by molar-refractivity contribution is 5.83. The van der Waals surface area contributed by atoms with E-state index in [0.29, 0.717) is 13.2 Å². The molecular formula is C46H66O3. The third-order valence-corrected chi connectivity index (χ3v) is 9.26. The van der Waals surface area contributed by atoms with Crippen LogP contribution in [0.5, 0.6) is 0 Å². The van der Waals surface area contributed by atoms with Crippen LogP contribution in [0.1, 0.15) is 115 Å². The Balaban J connectivity index is 0.000000295. The molecular weight excluding hydrogens is 601 g/mol. The molecule has 0 aromatic heterocycles. The molecule has 4 aromatic rings. The number of hydrogen-bond acceptors (Lipinski definition) is 3. The molecule has 0 aliphatic rings. The van der Waals surface area contributed by atoms with Crippen molar-refractivity contribution in [3.05, 3.63) is 109 Å². The van der Waals surface area contributed by atoms with E-state index in [1.54, 1.807) is 7.11 Å². The second kappa shape index (κ2) is 27.5. The van der Waals surface area contributed by atoms with Crippen LogP contribution in [0.15, 0.2) is 97.6 Å². The van der Waals surface area contributed by atoms with Crippen molar-refractivity contribution in [1.29, 1.82) is 0 Å². The Labute approximate surface area is 299 Å². The maximum Gasteiger partial charge on any atom is 0.120 e. The summed E-state index contributed by atoms with van der Waals surface area (Å²) in [5.41, 5.74) is 2.94. The second-order valence-corrected chi connectivity index (χ2v) is 13.4. The molecule has 49 heavy (non-hydrogen) atoms. The van der Waals surface area contributed by atoms with Crippen LogP contribution in [0.25, 0.3) is 21.5 Å². The molecule has 0 saturated carbocycles. The average Bonchev–Trinajstić information content (AvgIpc) is 3.14. The highest BCUT2D eigenvalue weighted by Crippen LogP contribution is 2.19. The number of aryl methyl sites for hydroxylation is 2. The summed E-state index contributed by atoms with van der Waals surface area (Å²) in [6.45, 7) is 11.7. The average molecular weight is 667 g/mol. The zero-order chi connectivity index (χ0) is 35.4. The molecule has 0 spiro atoms. The monoisotopic (exact) mass is 667 g/mol. The molecule has 2 atom stereocenters. The van der Waals surface area contributed by atoms with Gasteiger partial charge in [0.15, 0.2) is 0 Å². The van der Waals surface area contributed by atoms with Crippen LogP contribution >= 0.6 is 0 Å². The van der Waals surface area contributed by atoms with Crippen molar-refractivity contribution in [2.75, 3.05) is 20.3 Å². The van der Waals surface area contributed by atoms with Crippen LogP contribution in [0, 0.1) is 5.92 Å². The maximum atomic E-state index is 9.83. The summed E-state index contributed by atoms with van der Waals surface area (Å²) in [7, 11) is 1.70. The summed E-state index contributed by atoms with van der Waals surface area (Å²) in [5, 5.41) is 5.40. The predicted molar refractivity (Wildman–Crippen MR) is 214 cm³/mol. The van der Waals surface area contributed by atoms with E-state index < -0.39 is 0 Å². The van der Waals surface area contributed by atoms with Crippen LogP contribution in [0.4, 0.5) is 0 Å². The standard InChI is InChI=1S/C23H32O2.C16H20.C7H14O/c1-3-23(25-18-17-24-2)14-8-6-4-5-7-11-20-15-16-21-12-9-10-13-22(21)19-20;1-2-3-4-5-8-14-11-12-15-9-6-7-10-16(15)13-14;1-3-7(2)5-4-6-8/h3,9-10,12-13,15-16,19,23H,1,4-8,11,14,17-18H2,2H3;6-7,9-13H,2-5,8H2,1H3;6-7H,3-5H2,1-2H3. The zero-order valence-electron chi connectivity index (χ0n) is 31.3. The van der Waals surface area contributed by atoms with Gasteiger partial charge in [0.25, 0.3) is 0 Å². The minimum Gasteiger partial charge on any atom is -0.382 e. The molecule has 0 fully saturated rings. The first-order valence-electron chi connectivity index (χ1n) is 19.2. The number of ether oxygens (including phenoxy) is 2. The van der Waals surface area contributed by atoms with E-state index in [1.165, 1.54) is 110 Å². The van der Waals surface area contributed by atoms with E-state index in [9.17, 15) is 4.79 Å². The minimum atomic E-state index is 0.174. The molecule has 0 heterocycles. The van der Waals surface area contributed by atoms with Gasteiger partial charge in [-0.1, -0.05) is 163 Å². The first-order valence-corrected chi connectivity index (χ1v) is 19.2. The molecule has 3 nitrogen and oxygen atoms in total. The molecule has 0 aliphatic carbocycles. The third kappa shape index (κ3) is 18.9. The van der Waals surface area contributed by atoms with E-state index in [4.69, 9.17) is 9.47 Å². The van der Waals surface area contributed by atoms with E-state index in [2.05, 4.69) is 112 Å². The fourth-order valence-corrected chi connectivity index (χ4v) is 5.86. The third-order valence-electron chi connectivity index (χ3n) is 9.26. The summed E-state index contributed by atoms with van der Waals surface area (Å²) in [4.78, 5) is 9.83. The highest BCUT2D eigenvalue weighted by atomic mass is 16.5. The summed E-state index contributed by atoms with van der Waals surface area (Å²) >= 11 is 0. The van der Waals surface area contributed by atoms with E-state index in [-0.39, 0.29) is 6.10 Å². The summed E-state index contributed by atoms with van der Waals surface area (Å²) in [5.74, 6) is 0.722. The van der Waals surface area contributed by atoms with Gasteiger partial charge in [0.1, 0.15) is 6.29 Å². The lowest BCUT2D eigenvalue weighted by Gasteiger charge is -2.13. The quantitative estimate of drug-likeness (QED) is 0.0476. The molecule has 0 saturated heterocycles. The number of aldehydes is 1. The number of hydrogen-bond donors (Lipinski definition) is 0. The van der Waals surface area contributed by atoms with Gasteiger partial charge >= 0.3 is 0 Å². The fourth-order valence-electron chi connectivity index (χ4n) is 5.86. The Morgan fingerprint density at radius 1 is 0.653 bits per heavy atom. The van der Waals surface area contributed by atoms with Crippen LogP contribution < -0.4 is 0 Å². The van der Waals surface area contributed by atoms with Crippen LogP contribution in [0.3, 0.4) is 0 Å². The number of rotatable bonds is 22. The van der Waals surface area contributed by atoms with E-state index in [1.807, 2.05) is 6.08 Å². The number of unbranched alkanes of at least 4 members (excludes halogenated alkanes) is 7. The van der Waals surface area contributed by atoms with E-state index >= 15 is 0 Å². The van der Waals surface area contributed by atoms with Crippen molar-refractivity contribution >= 4 is 27.8 Å². The summed E-state index contributed by atoms with van der Waals surface area (Å²) in [6, 6.07) is 30.9. The van der Waals surface area contributed by atoms with Crippen molar-refractivity contribution in [2.24, 2.45) is 5.92 Å². The van der Waals surface area contributed by atoms with Crippen molar-refractivity contribution in [3.63, 3.8) is 0 Å². The van der Waals surface area contributed by atoms with Gasteiger partial charge in [-0.15, -0.1) is 6.58 Å². The van der Waals surface area contributed by atoms with Gasteiger partial charge in [-0.3, -0.25) is 0 Å². The van der Waals surface area contributed by atoms with Gasteiger partial charge < -0.3 is 14.3 Å². The van der Waals surface area contributed by atoms with Gasteiger partial charge in [0, 0.05) is 13.5 Å². The number of benzene rings is 4. The molecule has 0 amide bonds. The SMILES string of the molecule is C=CC(CCCCCCCc1ccc2ccccc2c1)OCCOC.CCC(C)CCC=O.CCCCCCc1ccc2ccccc2c1. The molecule has 4 rings (SSSR count). The van der Waals surface area contributed by atoms with Gasteiger partial charge in [-0.05, 0) is 77.1 Å². The molecule has 3 heteroatoms. The Morgan fingerprint density at radius 2 is 1.18 bits per heavy atom. The lowest BCUT2D eigenvalue weighted by atomic mass is 10.0. The number of methoxy groups -OCH3 is 1. The van der Waals surface area contributed by atoms with Crippen LogP contribution in [-0.4, -0.2) is 32.7 Å². The van der Waals surface area contributed by atoms with Crippen LogP contribution in [-0.2, 0) is 27.1 Å². The number of carbonyl (C=O) groups excluding carboxylic acids is 1. The van der Waals surface area contributed by atoms with Crippen LogP contribution in [0.2, 0.25) is 0 Å². The molecule has 268 valence electrons. The second-order valence-electron chi connectivity index (χ2n) is 13.4. The highest BCUT2D eigenvalue weighted by Gasteiger charge is 2.04. The molecule has 0 bridgehead atoms. The van der Waals surface area contributed by atoms with Crippen molar-refractivity contribution in [3.8, 4) is 0 Å². The smallest absolute Gasteiger partial charge is 0.120 e. The van der Waals surface area contributed by atoms with Gasteiger partial charge in [0.05, 0.1) is 19.3 Å². The van der Waals surface area contributed by atoms with Crippen molar-refractivity contribution in [1.82, 2.24) is 0 Å². The fraction of sp³-hybridized carbons (Fsp3) is 0.500. The lowest BCUT2D eigenvalue weighted by Crippen LogP contribution is -2.13. The Hall–Kier alpha value is -3.27. The normalized spacial score (nSPS) is 12.0. The Bertz CT molecular complexity index is 1410. The minimum absolute atomic E-state index is 0.174. The summed E-state index contributed by atoms with van der Waals surface area (Å²) in [6.07, 6.45) is 21.3. The zero-order valence-corrected chi connectivity index (χ0v) is 31.3. The van der Waals surface area contributed by atoms with E-state index in [0.717, 1.165) is 31.5 Å². The Kier molecular flexibility index (Phi) is 23.6. The first-order chi connectivity index (χ1) is 24.0. The summed E-state index contributed by atoms with van der Waals surface area (Å²) < 4.78 is 10.7. The topological polar surface area (TPSA) is 35.5 Å². The Morgan fingerprint density at radius 3 is 1.69 bits per heavy atom. The molecule has 0 aliphatic heterocycles. The predicted octanol–water partition coefficient (Wildman–Crippen LogP) is 12.9.